The molecular formula is C10H16N4. The van der Waals surface area contributed by atoms with Crippen LogP contribution in [0.15, 0.2) is 18.3 Å². The first kappa shape index (κ1) is 9.40. The fourth-order valence-corrected chi connectivity index (χ4v) is 1.88. The highest BCUT2D eigenvalue weighted by molar-refractivity contribution is 5.37. The van der Waals surface area contributed by atoms with Gasteiger partial charge < -0.3 is 10.2 Å². The number of nitrogens with one attached hydrogen (secondary N) is 1. The fraction of sp³-hybridized carbons (Fsp3) is 0.600. The summed E-state index contributed by atoms with van der Waals surface area (Å²) in [4.78, 5) is 2.29. The summed E-state index contributed by atoms with van der Waals surface area (Å²) in [6.07, 6.45) is 4.19. The summed E-state index contributed by atoms with van der Waals surface area (Å²) in [5, 5.41) is 11.3. The van der Waals surface area contributed by atoms with Gasteiger partial charge in [0.25, 0.3) is 0 Å². The molecule has 14 heavy (non-hydrogen) atoms. The first-order chi connectivity index (χ1) is 6.90. The Morgan fingerprint density at radius 1 is 1.57 bits per heavy atom. The number of anilines is 1. The number of nitrogens with zero attached hydrogens (tertiary/aromatic N) is 3. The third-order valence-electron chi connectivity index (χ3n) is 2.71. The standard InChI is InChI=1S/C10H16N4/c1-11-9-4-3-7-14(8-9)10-5-2-6-12-13-10/h2,5-6,9,11H,3-4,7-8H2,1H3/t9-/m1/s1. The predicted molar refractivity (Wildman–Crippen MR) is 56.3 cm³/mol. The van der Waals surface area contributed by atoms with Gasteiger partial charge in [-0.15, -0.1) is 5.10 Å². The Morgan fingerprint density at radius 3 is 3.21 bits per heavy atom. The normalized spacial score (nSPS) is 22.4. The zero-order chi connectivity index (χ0) is 9.80. The minimum Gasteiger partial charge on any atom is -0.354 e. The van der Waals surface area contributed by atoms with Crippen molar-refractivity contribution >= 4 is 5.82 Å². The van der Waals surface area contributed by atoms with Crippen LogP contribution in [-0.4, -0.2) is 36.4 Å². The molecule has 1 aromatic heterocycles. The highest BCUT2D eigenvalue weighted by Crippen LogP contribution is 2.16. The maximum atomic E-state index is 4.12. The lowest BCUT2D eigenvalue weighted by molar-refractivity contribution is 0.447. The average Bonchev–Trinajstić information content (AvgIpc) is 2.30. The molecule has 0 unspecified atom stereocenters. The van der Waals surface area contributed by atoms with Crippen LogP contribution in [0, 0.1) is 0 Å². The van der Waals surface area contributed by atoms with E-state index < -0.39 is 0 Å². The van der Waals surface area contributed by atoms with Crippen LogP contribution in [0.4, 0.5) is 5.82 Å². The number of likely N-dealkylation sites (N-methyl/N-ethyl adjacent to an activating group) is 1. The molecule has 1 aliphatic rings. The molecule has 1 aromatic rings. The van der Waals surface area contributed by atoms with Gasteiger partial charge >= 0.3 is 0 Å². The molecule has 1 fully saturated rings. The van der Waals surface area contributed by atoms with Crippen LogP contribution in [-0.2, 0) is 0 Å². The van der Waals surface area contributed by atoms with E-state index in [0.29, 0.717) is 6.04 Å². The zero-order valence-electron chi connectivity index (χ0n) is 8.48. The quantitative estimate of drug-likeness (QED) is 0.747. The van der Waals surface area contributed by atoms with Gasteiger partial charge in [0.1, 0.15) is 0 Å². The molecule has 0 spiro atoms. The number of hydrogen-bond acceptors (Lipinski definition) is 4. The van der Waals surface area contributed by atoms with Gasteiger partial charge in [-0.05, 0) is 32.0 Å². The minimum atomic E-state index is 0.589. The molecule has 4 nitrogen and oxygen atoms in total. The molecule has 0 amide bonds. The highest BCUT2D eigenvalue weighted by Gasteiger charge is 2.19. The molecule has 1 saturated heterocycles. The maximum Gasteiger partial charge on any atom is 0.151 e. The zero-order valence-corrected chi connectivity index (χ0v) is 8.48. The lowest BCUT2D eigenvalue weighted by Gasteiger charge is -2.32. The predicted octanol–water partition coefficient (Wildman–Crippen LogP) is 0.665. The average molecular weight is 192 g/mol. The fourth-order valence-electron chi connectivity index (χ4n) is 1.88. The van der Waals surface area contributed by atoms with E-state index in [9.17, 15) is 0 Å². The Morgan fingerprint density at radius 2 is 2.50 bits per heavy atom. The Hall–Kier alpha value is -1.16. The molecular weight excluding hydrogens is 176 g/mol. The molecule has 2 heterocycles. The molecule has 1 atom stereocenters. The summed E-state index contributed by atoms with van der Waals surface area (Å²) < 4.78 is 0. The van der Waals surface area contributed by atoms with E-state index in [1.165, 1.54) is 12.8 Å². The van der Waals surface area contributed by atoms with E-state index in [2.05, 4.69) is 20.4 Å². The highest BCUT2D eigenvalue weighted by atomic mass is 15.3. The van der Waals surface area contributed by atoms with Crippen molar-refractivity contribution in [3.63, 3.8) is 0 Å². The van der Waals surface area contributed by atoms with Crippen molar-refractivity contribution < 1.29 is 0 Å². The van der Waals surface area contributed by atoms with Gasteiger partial charge in [-0.1, -0.05) is 0 Å². The lowest BCUT2D eigenvalue weighted by Crippen LogP contribution is -2.44. The van der Waals surface area contributed by atoms with Gasteiger partial charge in [0.15, 0.2) is 5.82 Å². The Balaban J connectivity index is 2.04. The third kappa shape index (κ3) is 2.01. The number of piperidine rings is 1. The van der Waals surface area contributed by atoms with Gasteiger partial charge in [0.2, 0.25) is 0 Å². The molecule has 0 radical (unpaired) electrons. The molecule has 4 heteroatoms. The molecule has 1 aliphatic heterocycles. The smallest absolute Gasteiger partial charge is 0.151 e. The molecule has 76 valence electrons. The van der Waals surface area contributed by atoms with Crippen LogP contribution >= 0.6 is 0 Å². The number of aromatic nitrogens is 2. The third-order valence-corrected chi connectivity index (χ3v) is 2.71. The van der Waals surface area contributed by atoms with E-state index in [1.54, 1.807) is 6.20 Å². The Kier molecular flexibility index (Phi) is 2.93. The molecule has 0 bridgehead atoms. The second-order valence-corrected chi connectivity index (χ2v) is 3.66. The van der Waals surface area contributed by atoms with Gasteiger partial charge in [-0.3, -0.25) is 0 Å². The van der Waals surface area contributed by atoms with Gasteiger partial charge in [0.05, 0.1) is 0 Å². The first-order valence-corrected chi connectivity index (χ1v) is 5.10. The van der Waals surface area contributed by atoms with Crippen LogP contribution in [0.5, 0.6) is 0 Å². The first-order valence-electron chi connectivity index (χ1n) is 5.10. The van der Waals surface area contributed by atoms with Crippen molar-refractivity contribution in [2.75, 3.05) is 25.0 Å². The van der Waals surface area contributed by atoms with Crippen LogP contribution in [0.3, 0.4) is 0 Å². The van der Waals surface area contributed by atoms with E-state index in [0.717, 1.165) is 18.9 Å². The Labute approximate surface area is 84.3 Å². The van der Waals surface area contributed by atoms with Crippen LogP contribution in [0.2, 0.25) is 0 Å². The van der Waals surface area contributed by atoms with Gasteiger partial charge in [0, 0.05) is 25.3 Å². The van der Waals surface area contributed by atoms with Crippen molar-refractivity contribution in [1.29, 1.82) is 0 Å². The van der Waals surface area contributed by atoms with E-state index >= 15 is 0 Å². The summed E-state index contributed by atoms with van der Waals surface area (Å²) in [5.41, 5.74) is 0. The van der Waals surface area contributed by atoms with Crippen molar-refractivity contribution in [2.45, 2.75) is 18.9 Å². The summed E-state index contributed by atoms with van der Waals surface area (Å²) in [6.45, 7) is 2.13. The van der Waals surface area contributed by atoms with Crippen molar-refractivity contribution in [2.24, 2.45) is 0 Å². The summed E-state index contributed by atoms with van der Waals surface area (Å²) in [7, 11) is 2.02. The van der Waals surface area contributed by atoms with Crippen molar-refractivity contribution in [3.8, 4) is 0 Å². The lowest BCUT2D eigenvalue weighted by atomic mass is 10.1. The SMILES string of the molecule is CN[C@@H]1CCCN(c2cccnn2)C1. The molecule has 1 N–H and O–H groups in total. The van der Waals surface area contributed by atoms with E-state index in [4.69, 9.17) is 0 Å². The van der Waals surface area contributed by atoms with Crippen LogP contribution < -0.4 is 10.2 Å². The number of rotatable bonds is 2. The maximum absolute atomic E-state index is 4.12. The van der Waals surface area contributed by atoms with E-state index in [1.807, 2.05) is 19.2 Å². The van der Waals surface area contributed by atoms with Crippen LogP contribution in [0.25, 0.3) is 0 Å². The van der Waals surface area contributed by atoms with Crippen molar-refractivity contribution in [1.82, 2.24) is 15.5 Å². The van der Waals surface area contributed by atoms with E-state index in [-0.39, 0.29) is 0 Å². The minimum absolute atomic E-state index is 0.589. The van der Waals surface area contributed by atoms with Crippen molar-refractivity contribution in [3.05, 3.63) is 18.3 Å². The number of hydrogen-bond donors (Lipinski definition) is 1. The summed E-state index contributed by atoms with van der Waals surface area (Å²) >= 11 is 0. The molecule has 0 aromatic carbocycles. The second kappa shape index (κ2) is 4.37. The van der Waals surface area contributed by atoms with Gasteiger partial charge in [-0.2, -0.15) is 5.10 Å². The summed E-state index contributed by atoms with van der Waals surface area (Å²) in [5.74, 6) is 0.993. The molecule has 0 aliphatic carbocycles. The largest absolute Gasteiger partial charge is 0.354 e. The van der Waals surface area contributed by atoms with Gasteiger partial charge in [-0.25, -0.2) is 0 Å². The molecule has 2 rings (SSSR count). The topological polar surface area (TPSA) is 41.0 Å². The summed E-state index contributed by atoms with van der Waals surface area (Å²) in [6, 6.07) is 4.54. The molecule has 0 saturated carbocycles. The second-order valence-electron chi connectivity index (χ2n) is 3.66. The monoisotopic (exact) mass is 192 g/mol. The Bertz CT molecular complexity index is 275. The van der Waals surface area contributed by atoms with Crippen LogP contribution in [0.1, 0.15) is 12.8 Å².